The number of rotatable bonds is 7. The van der Waals surface area contributed by atoms with Gasteiger partial charge in [0.25, 0.3) is 0 Å². The number of aromatic amines is 2. The lowest BCUT2D eigenvalue weighted by Crippen LogP contribution is -2.23. The Morgan fingerprint density at radius 1 is 0.818 bits per heavy atom. The van der Waals surface area contributed by atoms with Crippen LogP contribution in [0.5, 0.6) is 0 Å². The highest BCUT2D eigenvalue weighted by Crippen LogP contribution is 2.21. The van der Waals surface area contributed by atoms with Crippen molar-refractivity contribution < 1.29 is 19.5 Å². The number of aromatic nitrogens is 2. The molecule has 4 rings (SSSR count). The monoisotopic (exact) mass is 450 g/mol. The maximum atomic E-state index is 11.1. The van der Waals surface area contributed by atoms with E-state index in [1.807, 2.05) is 12.3 Å². The Labute approximate surface area is 189 Å². The number of benzene rings is 2. The summed E-state index contributed by atoms with van der Waals surface area (Å²) in [6.07, 6.45) is 4.02. The van der Waals surface area contributed by atoms with Gasteiger partial charge in [0.1, 0.15) is 0 Å². The molecule has 33 heavy (non-hydrogen) atoms. The van der Waals surface area contributed by atoms with Gasteiger partial charge in [0.05, 0.1) is 0 Å². The van der Waals surface area contributed by atoms with Gasteiger partial charge in [0.2, 0.25) is 11.8 Å². The van der Waals surface area contributed by atoms with E-state index in [1.165, 1.54) is 0 Å². The number of fused-ring (bicyclic) bond motifs is 2. The van der Waals surface area contributed by atoms with Crippen LogP contribution in [0, 0.1) is 0 Å². The van der Waals surface area contributed by atoms with Crippen LogP contribution in [0.15, 0.2) is 48.8 Å². The van der Waals surface area contributed by atoms with Crippen LogP contribution in [0.1, 0.15) is 31.8 Å². The largest absolute Gasteiger partial charge is 0.465 e. The third-order valence-electron chi connectivity index (χ3n) is 5.19. The van der Waals surface area contributed by atoms with Crippen LogP contribution in [0.25, 0.3) is 21.8 Å². The summed E-state index contributed by atoms with van der Waals surface area (Å²) in [4.78, 5) is 38.7. The predicted octanol–water partition coefficient (Wildman–Crippen LogP) is 1.84. The molecule has 10 heteroatoms. The van der Waals surface area contributed by atoms with Gasteiger partial charge in [-0.05, 0) is 66.9 Å². The number of carbonyl (C=O) groups excluding carboxylic acids is 2. The molecule has 0 aliphatic carbocycles. The first-order valence-electron chi connectivity index (χ1n) is 10.3. The highest BCUT2D eigenvalue weighted by molar-refractivity contribution is 5.98. The molecule has 3 amide bonds. The minimum atomic E-state index is -1.05. The number of carbonyl (C=O) groups is 3. The van der Waals surface area contributed by atoms with Crippen molar-refractivity contribution >= 4 is 39.7 Å². The summed E-state index contributed by atoms with van der Waals surface area (Å²) in [5.74, 6) is -0.885. The molecule has 0 saturated heterocycles. The number of nitrogens with one attached hydrogen (secondary N) is 3. The Hall–Kier alpha value is -4.31. The Balaban J connectivity index is 0.000000189. The second-order valence-electron chi connectivity index (χ2n) is 7.40. The van der Waals surface area contributed by atoms with Crippen LogP contribution in [0.4, 0.5) is 4.79 Å². The molecule has 172 valence electrons. The summed E-state index contributed by atoms with van der Waals surface area (Å²) in [7, 11) is 0. The summed E-state index contributed by atoms with van der Waals surface area (Å²) in [5.41, 5.74) is 20.9. The number of H-pyrrole nitrogens is 2. The van der Waals surface area contributed by atoms with Crippen molar-refractivity contribution in [2.24, 2.45) is 17.2 Å². The van der Waals surface area contributed by atoms with Crippen LogP contribution < -0.4 is 22.5 Å². The summed E-state index contributed by atoms with van der Waals surface area (Å²) in [6.45, 7) is 0.914. The van der Waals surface area contributed by atoms with Gasteiger partial charge in [0, 0.05) is 51.9 Å². The molecule has 0 unspecified atom stereocenters. The molecule has 2 aromatic heterocycles. The maximum absolute atomic E-state index is 11.1. The van der Waals surface area contributed by atoms with Crippen LogP contribution in [0.3, 0.4) is 0 Å². The lowest BCUT2D eigenvalue weighted by Gasteiger charge is -2.01. The normalized spacial score (nSPS) is 10.6. The first kappa shape index (κ1) is 23.4. The van der Waals surface area contributed by atoms with Crippen LogP contribution in [-0.2, 0) is 12.8 Å². The molecule has 0 radical (unpaired) electrons. The van der Waals surface area contributed by atoms with Crippen molar-refractivity contribution in [2.45, 2.75) is 12.8 Å². The van der Waals surface area contributed by atoms with Gasteiger partial charge < -0.3 is 37.6 Å². The molecular formula is C23H26N6O4. The Kier molecular flexibility index (Phi) is 7.31. The number of carboxylic acid groups (broad SMARTS) is 1. The number of primary amides is 2. The second-order valence-corrected chi connectivity index (χ2v) is 7.40. The van der Waals surface area contributed by atoms with E-state index in [0.717, 1.165) is 39.4 Å². The van der Waals surface area contributed by atoms with Crippen molar-refractivity contribution in [3.8, 4) is 0 Å². The Morgan fingerprint density at radius 3 is 1.73 bits per heavy atom. The molecule has 0 spiro atoms. The molecule has 0 fully saturated rings. The third-order valence-corrected chi connectivity index (χ3v) is 5.19. The number of hydrogen-bond donors (Lipinski definition) is 7. The van der Waals surface area contributed by atoms with Gasteiger partial charge in [-0.25, -0.2) is 4.79 Å². The van der Waals surface area contributed by atoms with E-state index in [0.29, 0.717) is 30.6 Å². The van der Waals surface area contributed by atoms with Crippen LogP contribution in [0.2, 0.25) is 0 Å². The van der Waals surface area contributed by atoms with Crippen molar-refractivity contribution in [1.29, 1.82) is 0 Å². The zero-order valence-corrected chi connectivity index (χ0v) is 17.9. The van der Waals surface area contributed by atoms with Gasteiger partial charge in [0.15, 0.2) is 0 Å². The minimum absolute atomic E-state index is 0.323. The van der Waals surface area contributed by atoms with Crippen molar-refractivity contribution in [2.75, 3.05) is 13.1 Å². The molecule has 2 heterocycles. The van der Waals surface area contributed by atoms with E-state index >= 15 is 0 Å². The highest BCUT2D eigenvalue weighted by atomic mass is 16.4. The molecule has 10 nitrogen and oxygen atoms in total. The van der Waals surface area contributed by atoms with Gasteiger partial charge in [-0.2, -0.15) is 0 Å². The molecule has 0 saturated carbocycles. The standard InChI is InChI=1S/C12H13N3O3.C11H13N3O/c13-11(16)7-1-2-10-9(5-7)8(6-15-10)3-4-14-12(17)18;12-4-3-8-6-14-10-2-1-7(11(13)15)5-9(8)10/h1-2,5-6,14-15H,3-4H2,(H2,13,16)(H,17,18);1-2,5-6,14H,3-4,12H2,(H2,13,15). The van der Waals surface area contributed by atoms with E-state index in [2.05, 4.69) is 15.3 Å². The average Bonchev–Trinajstić information content (AvgIpc) is 3.37. The molecule has 2 aromatic carbocycles. The molecule has 0 aliphatic rings. The topological polar surface area (TPSA) is 193 Å². The number of nitrogens with two attached hydrogens (primary N) is 3. The van der Waals surface area contributed by atoms with E-state index in [4.69, 9.17) is 22.3 Å². The van der Waals surface area contributed by atoms with E-state index in [1.54, 1.807) is 36.5 Å². The van der Waals surface area contributed by atoms with Crippen molar-refractivity contribution in [1.82, 2.24) is 15.3 Å². The van der Waals surface area contributed by atoms with Gasteiger partial charge in [-0.1, -0.05) is 0 Å². The van der Waals surface area contributed by atoms with E-state index in [-0.39, 0.29) is 0 Å². The fourth-order valence-electron chi connectivity index (χ4n) is 3.54. The average molecular weight is 450 g/mol. The lowest BCUT2D eigenvalue weighted by molar-refractivity contribution is 0.0992. The predicted molar refractivity (Wildman–Crippen MR) is 126 cm³/mol. The molecule has 0 atom stereocenters. The van der Waals surface area contributed by atoms with Gasteiger partial charge >= 0.3 is 6.09 Å². The minimum Gasteiger partial charge on any atom is -0.465 e. The fourth-order valence-corrected chi connectivity index (χ4v) is 3.54. The van der Waals surface area contributed by atoms with Crippen LogP contribution >= 0.6 is 0 Å². The summed E-state index contributed by atoms with van der Waals surface area (Å²) in [5, 5.41) is 12.7. The first-order chi connectivity index (χ1) is 15.8. The van der Waals surface area contributed by atoms with Crippen molar-refractivity contribution in [3.05, 3.63) is 71.0 Å². The maximum Gasteiger partial charge on any atom is 0.404 e. The Morgan fingerprint density at radius 2 is 1.30 bits per heavy atom. The summed E-state index contributed by atoms with van der Waals surface area (Å²) >= 11 is 0. The molecule has 10 N–H and O–H groups in total. The zero-order chi connectivity index (χ0) is 24.0. The summed E-state index contributed by atoms with van der Waals surface area (Å²) in [6, 6.07) is 10.5. The molecule has 4 aromatic rings. The summed E-state index contributed by atoms with van der Waals surface area (Å²) < 4.78 is 0. The molecular weight excluding hydrogens is 424 g/mol. The number of hydrogen-bond acceptors (Lipinski definition) is 4. The van der Waals surface area contributed by atoms with E-state index in [9.17, 15) is 14.4 Å². The fraction of sp³-hybridized carbons (Fsp3) is 0.174. The second kappa shape index (κ2) is 10.3. The Bertz CT molecular complexity index is 1310. The molecule has 0 bridgehead atoms. The number of amides is 3. The third kappa shape index (κ3) is 5.69. The SMILES string of the molecule is NC(=O)c1ccc2[nH]cc(CCNC(=O)O)c2c1.NCCc1c[nH]c2ccc(C(N)=O)cc12. The quantitative estimate of drug-likeness (QED) is 0.225. The van der Waals surface area contributed by atoms with E-state index < -0.39 is 17.9 Å². The lowest BCUT2D eigenvalue weighted by atomic mass is 10.1. The van der Waals surface area contributed by atoms with Gasteiger partial charge in [-0.15, -0.1) is 0 Å². The van der Waals surface area contributed by atoms with Gasteiger partial charge in [-0.3, -0.25) is 9.59 Å². The first-order valence-corrected chi connectivity index (χ1v) is 10.3. The highest BCUT2D eigenvalue weighted by Gasteiger charge is 2.08. The molecule has 0 aliphatic heterocycles. The smallest absolute Gasteiger partial charge is 0.404 e. The zero-order valence-electron chi connectivity index (χ0n) is 17.9. The van der Waals surface area contributed by atoms with Crippen LogP contribution in [-0.4, -0.2) is 46.1 Å². The van der Waals surface area contributed by atoms with Crippen molar-refractivity contribution in [3.63, 3.8) is 0 Å².